The fourth-order valence-electron chi connectivity index (χ4n) is 2.86. The Morgan fingerprint density at radius 1 is 1.27 bits per heavy atom. The first-order chi connectivity index (χ1) is 15.3. The number of hydrogen-bond donors (Lipinski definition) is 4. The Hall–Kier alpha value is -3.51. The minimum atomic E-state index is -5.08. The van der Waals surface area contributed by atoms with Crippen molar-refractivity contribution in [2.75, 3.05) is 40.3 Å². The van der Waals surface area contributed by atoms with Crippen LogP contribution in [0.25, 0.3) is 0 Å². The predicted octanol–water partition coefficient (Wildman–Crippen LogP) is 1.49. The average Bonchev–Trinajstić information content (AvgIpc) is 2.76. The van der Waals surface area contributed by atoms with Crippen LogP contribution in [0.4, 0.5) is 18.0 Å². The first-order valence-electron chi connectivity index (χ1n) is 9.94. The fourth-order valence-corrected chi connectivity index (χ4v) is 2.86. The number of nitrogens with zero attached hydrogens (tertiary/aromatic N) is 2. The summed E-state index contributed by atoms with van der Waals surface area (Å²) in [4.78, 5) is 36.4. The third kappa shape index (κ3) is 9.66. The van der Waals surface area contributed by atoms with Crippen LogP contribution in [0, 0.1) is 11.3 Å². The second-order valence-electron chi connectivity index (χ2n) is 7.32. The van der Waals surface area contributed by atoms with Crippen LogP contribution in [0.15, 0.2) is 24.3 Å². The summed E-state index contributed by atoms with van der Waals surface area (Å²) in [6.45, 7) is 1.94. The van der Waals surface area contributed by atoms with Gasteiger partial charge in [-0.15, -0.1) is 0 Å². The molecule has 2 rings (SSSR count). The minimum Gasteiger partial charge on any atom is -0.492 e. The number of amidine groups is 1. The molecule has 5 N–H and O–H groups in total. The molecule has 1 aromatic rings. The second-order valence-corrected chi connectivity index (χ2v) is 7.32. The molecule has 33 heavy (non-hydrogen) atoms. The van der Waals surface area contributed by atoms with Crippen molar-refractivity contribution in [1.29, 1.82) is 5.41 Å². The van der Waals surface area contributed by atoms with Crippen molar-refractivity contribution in [3.63, 3.8) is 0 Å². The molecule has 0 radical (unpaired) electrons. The SMILES string of the molecule is CN(C)C(=O)N1CCC(C(=O)NCCOc2cccc(C(=N)N)c2)CC1.O=C(O)C(F)(F)F. The van der Waals surface area contributed by atoms with E-state index in [9.17, 15) is 22.8 Å². The zero-order valence-corrected chi connectivity index (χ0v) is 18.3. The third-order valence-electron chi connectivity index (χ3n) is 4.58. The summed E-state index contributed by atoms with van der Waals surface area (Å²) in [5.41, 5.74) is 6.05. The van der Waals surface area contributed by atoms with Gasteiger partial charge in [-0.25, -0.2) is 9.59 Å². The fraction of sp³-hybridized carbons (Fsp3) is 0.500. The number of rotatable bonds is 6. The van der Waals surface area contributed by atoms with Gasteiger partial charge in [-0.05, 0) is 25.0 Å². The third-order valence-corrected chi connectivity index (χ3v) is 4.58. The van der Waals surface area contributed by atoms with Crippen LogP contribution >= 0.6 is 0 Å². The van der Waals surface area contributed by atoms with Crippen molar-refractivity contribution in [2.45, 2.75) is 19.0 Å². The van der Waals surface area contributed by atoms with Gasteiger partial charge in [-0.1, -0.05) is 12.1 Å². The number of nitrogens with two attached hydrogens (primary N) is 1. The summed E-state index contributed by atoms with van der Waals surface area (Å²) < 4.78 is 37.3. The number of nitrogen functional groups attached to an aromatic ring is 1. The van der Waals surface area contributed by atoms with Crippen molar-refractivity contribution >= 4 is 23.7 Å². The van der Waals surface area contributed by atoms with Crippen molar-refractivity contribution in [3.8, 4) is 5.75 Å². The zero-order valence-electron chi connectivity index (χ0n) is 18.3. The van der Waals surface area contributed by atoms with Crippen molar-refractivity contribution < 1.29 is 37.4 Å². The van der Waals surface area contributed by atoms with Crippen molar-refractivity contribution in [1.82, 2.24) is 15.1 Å². The molecule has 10 nitrogen and oxygen atoms in total. The zero-order chi connectivity index (χ0) is 25.2. The standard InChI is InChI=1S/C18H27N5O3.C2HF3O2/c1-22(2)18(25)23-9-6-13(7-10-23)17(24)21-8-11-26-15-5-3-4-14(12-15)16(19)20;3-2(4,5)1(6)7/h3-5,12-13H,6-11H2,1-2H3,(H3,19,20)(H,21,24);(H,6,7). The Morgan fingerprint density at radius 3 is 2.33 bits per heavy atom. The van der Waals surface area contributed by atoms with E-state index in [1.54, 1.807) is 48.2 Å². The molecule has 1 aliphatic heterocycles. The number of hydrogen-bond acceptors (Lipinski definition) is 5. The number of carbonyl (C=O) groups is 3. The molecule has 1 fully saturated rings. The number of alkyl halides is 3. The monoisotopic (exact) mass is 475 g/mol. The molecule has 1 heterocycles. The number of carboxylic acid groups (broad SMARTS) is 1. The average molecular weight is 475 g/mol. The normalized spacial score (nSPS) is 13.9. The molecule has 13 heteroatoms. The lowest BCUT2D eigenvalue weighted by atomic mass is 9.96. The summed E-state index contributed by atoms with van der Waals surface area (Å²) in [6, 6.07) is 6.98. The van der Waals surface area contributed by atoms with E-state index < -0.39 is 12.1 Å². The van der Waals surface area contributed by atoms with Gasteiger partial charge in [0.05, 0.1) is 6.54 Å². The molecule has 0 atom stereocenters. The molecule has 0 saturated carbocycles. The van der Waals surface area contributed by atoms with Crippen LogP contribution in [0.5, 0.6) is 5.75 Å². The number of aliphatic carboxylic acids is 1. The lowest BCUT2D eigenvalue weighted by Crippen LogP contribution is -2.46. The summed E-state index contributed by atoms with van der Waals surface area (Å²) >= 11 is 0. The van der Waals surface area contributed by atoms with Crippen molar-refractivity contribution in [3.05, 3.63) is 29.8 Å². The van der Waals surface area contributed by atoms with E-state index in [2.05, 4.69) is 5.32 Å². The summed E-state index contributed by atoms with van der Waals surface area (Å²) in [5.74, 6) is -2.22. The van der Waals surface area contributed by atoms with Gasteiger partial charge in [0.15, 0.2) is 0 Å². The number of amides is 3. The maximum absolute atomic E-state index is 12.2. The van der Waals surface area contributed by atoms with Gasteiger partial charge in [0.2, 0.25) is 5.91 Å². The molecule has 0 bridgehead atoms. The molecule has 1 aromatic carbocycles. The van der Waals surface area contributed by atoms with E-state index in [0.717, 1.165) is 0 Å². The largest absolute Gasteiger partial charge is 0.492 e. The molecular formula is C20H28F3N5O5. The molecule has 3 amide bonds. The van der Waals surface area contributed by atoms with E-state index in [1.807, 2.05) is 0 Å². The predicted molar refractivity (Wildman–Crippen MR) is 113 cm³/mol. The van der Waals surface area contributed by atoms with Crippen LogP contribution in [-0.4, -0.2) is 85.2 Å². The number of ether oxygens (including phenoxy) is 1. The highest BCUT2D eigenvalue weighted by Crippen LogP contribution is 2.18. The van der Waals surface area contributed by atoms with Crippen LogP contribution in [-0.2, 0) is 9.59 Å². The van der Waals surface area contributed by atoms with E-state index in [1.165, 1.54) is 0 Å². The van der Waals surface area contributed by atoms with Crippen LogP contribution in [0.1, 0.15) is 18.4 Å². The number of urea groups is 1. The van der Waals surface area contributed by atoms with Gasteiger partial charge in [-0.3, -0.25) is 10.2 Å². The van der Waals surface area contributed by atoms with Crippen molar-refractivity contribution in [2.24, 2.45) is 11.7 Å². The maximum atomic E-state index is 12.2. The molecule has 1 aliphatic rings. The lowest BCUT2D eigenvalue weighted by molar-refractivity contribution is -0.192. The first-order valence-corrected chi connectivity index (χ1v) is 9.94. The molecule has 0 aliphatic carbocycles. The Morgan fingerprint density at radius 2 is 1.85 bits per heavy atom. The molecule has 0 unspecified atom stereocenters. The number of halogens is 3. The van der Waals surface area contributed by atoms with Crippen LogP contribution in [0.2, 0.25) is 0 Å². The van der Waals surface area contributed by atoms with Gasteiger partial charge < -0.3 is 30.7 Å². The van der Waals surface area contributed by atoms with Gasteiger partial charge in [0.25, 0.3) is 0 Å². The molecule has 0 aromatic heterocycles. The quantitative estimate of drug-likeness (QED) is 0.278. The van der Waals surface area contributed by atoms with E-state index in [-0.39, 0.29) is 23.7 Å². The number of likely N-dealkylation sites (tertiary alicyclic amines) is 1. The van der Waals surface area contributed by atoms with Gasteiger partial charge >= 0.3 is 18.2 Å². The highest BCUT2D eigenvalue weighted by Gasteiger charge is 2.38. The Balaban J connectivity index is 0.000000675. The number of benzene rings is 1. The van der Waals surface area contributed by atoms with E-state index >= 15 is 0 Å². The Bertz CT molecular complexity index is 840. The van der Waals surface area contributed by atoms with Gasteiger partial charge in [-0.2, -0.15) is 13.2 Å². The number of carbonyl (C=O) groups excluding carboxylic acids is 2. The Kier molecular flexibility index (Phi) is 10.4. The first kappa shape index (κ1) is 27.5. The minimum absolute atomic E-state index is 0.00281. The number of nitrogens with one attached hydrogen (secondary N) is 2. The summed E-state index contributed by atoms with van der Waals surface area (Å²) in [5, 5.41) is 17.4. The van der Waals surface area contributed by atoms with Gasteiger partial charge in [0, 0.05) is 38.7 Å². The molecule has 1 saturated heterocycles. The number of carboxylic acids is 1. The van der Waals surface area contributed by atoms with E-state index in [4.69, 9.17) is 25.8 Å². The highest BCUT2D eigenvalue weighted by atomic mass is 19.4. The lowest BCUT2D eigenvalue weighted by Gasteiger charge is -2.33. The smallest absolute Gasteiger partial charge is 0.490 e. The molecule has 0 spiro atoms. The second kappa shape index (κ2) is 12.5. The highest BCUT2D eigenvalue weighted by molar-refractivity contribution is 5.95. The molecule has 184 valence electrons. The summed E-state index contributed by atoms with van der Waals surface area (Å²) in [6.07, 6.45) is -3.74. The number of piperidine rings is 1. The summed E-state index contributed by atoms with van der Waals surface area (Å²) in [7, 11) is 3.46. The van der Waals surface area contributed by atoms with Crippen LogP contribution < -0.4 is 15.8 Å². The van der Waals surface area contributed by atoms with E-state index in [0.29, 0.717) is 50.4 Å². The Labute approximate surface area is 189 Å². The van der Waals surface area contributed by atoms with Gasteiger partial charge in [0.1, 0.15) is 18.2 Å². The molecular weight excluding hydrogens is 447 g/mol. The maximum Gasteiger partial charge on any atom is 0.490 e. The topological polar surface area (TPSA) is 149 Å². The van der Waals surface area contributed by atoms with Crippen LogP contribution in [0.3, 0.4) is 0 Å².